The van der Waals surface area contributed by atoms with Gasteiger partial charge in [-0.15, -0.1) is 0 Å². The predicted molar refractivity (Wildman–Crippen MR) is 29.9 cm³/mol. The van der Waals surface area contributed by atoms with Crippen LogP contribution < -0.4 is 4.85 Å². The molecule has 8 heavy (non-hydrogen) atoms. The van der Waals surface area contributed by atoms with Gasteiger partial charge in [0.2, 0.25) is 6.20 Å². The molecule has 44 valence electrons. The van der Waals surface area contributed by atoms with E-state index >= 15 is 0 Å². The maximum absolute atomic E-state index is 10.1. The quantitative estimate of drug-likeness (QED) is 0.359. The van der Waals surface area contributed by atoms with Crippen molar-refractivity contribution in [1.29, 1.82) is 0 Å². The van der Waals surface area contributed by atoms with E-state index in [2.05, 4.69) is 5.10 Å². The van der Waals surface area contributed by atoms with Crippen LogP contribution in [0.5, 0.6) is 0 Å². The van der Waals surface area contributed by atoms with E-state index in [1.165, 1.54) is 12.4 Å². The molecule has 1 aromatic heterocycles. The van der Waals surface area contributed by atoms with Crippen molar-refractivity contribution in [3.63, 3.8) is 0 Å². The summed E-state index contributed by atoms with van der Waals surface area (Å²) in [5, 5.41) is 13.4. The van der Waals surface area contributed by atoms with Gasteiger partial charge in [-0.2, -0.15) is 0 Å². The van der Waals surface area contributed by atoms with Crippen molar-refractivity contribution in [3.8, 4) is 0 Å². The highest BCUT2D eigenvalue weighted by atomic mass is 16.5. The zero-order valence-corrected chi connectivity index (χ0v) is 3.61. The second-order valence-corrected chi connectivity index (χ2v) is 1.10. The third-order valence-corrected chi connectivity index (χ3v) is 0.591. The van der Waals surface area contributed by atoms with Gasteiger partial charge >= 0.3 is 0 Å². The summed E-state index contributed by atoms with van der Waals surface area (Å²) in [5.74, 6) is 0. The first-order valence-electron chi connectivity index (χ1n) is 1.90. The van der Waals surface area contributed by atoms with Gasteiger partial charge in [0.25, 0.3) is 0 Å². The second kappa shape index (κ2) is 2.96. The third kappa shape index (κ3) is 1.55. The summed E-state index contributed by atoms with van der Waals surface area (Å²) in [5.41, 5.74) is 0. The van der Waals surface area contributed by atoms with Crippen molar-refractivity contribution >= 4 is 0 Å². The number of rotatable bonds is 0. The molecule has 0 aliphatic heterocycles. The summed E-state index contributed by atoms with van der Waals surface area (Å²) in [6, 6.07) is 3.31. The molecule has 0 atom stereocenters. The van der Waals surface area contributed by atoms with Crippen LogP contribution in [-0.4, -0.2) is 5.10 Å². The summed E-state index contributed by atoms with van der Waals surface area (Å²) >= 11 is 0. The zero-order chi connectivity index (χ0) is 5.11. The van der Waals surface area contributed by atoms with Crippen LogP contribution in [0.25, 0.3) is 0 Å². The molecule has 0 radical (unpaired) electrons. The molecule has 1 aromatic rings. The maximum Gasteiger partial charge on any atom is 0.209 e. The van der Waals surface area contributed by atoms with Gasteiger partial charge in [-0.1, -0.05) is 12.3 Å². The van der Waals surface area contributed by atoms with Crippen molar-refractivity contribution in [1.82, 2.24) is 5.10 Å². The maximum atomic E-state index is 10.1. The van der Waals surface area contributed by atoms with Crippen LogP contribution >= 0.6 is 0 Å². The van der Waals surface area contributed by atoms with E-state index in [1.807, 2.05) is 0 Å². The summed E-state index contributed by atoms with van der Waals surface area (Å²) in [4.78, 5) is 0.500. The van der Waals surface area contributed by atoms with E-state index in [1.54, 1.807) is 12.1 Å². The van der Waals surface area contributed by atoms with Crippen LogP contribution in [0.2, 0.25) is 0 Å². The van der Waals surface area contributed by atoms with Gasteiger partial charge in [0.1, 0.15) is 0 Å². The molecule has 0 aliphatic carbocycles. The Balaban J connectivity index is 0.000000490. The molecule has 0 fully saturated rings. The van der Waals surface area contributed by atoms with Crippen LogP contribution in [-0.2, 0) is 0 Å². The van der Waals surface area contributed by atoms with E-state index in [-0.39, 0.29) is 7.43 Å². The lowest BCUT2D eigenvalue weighted by atomic mass is 10.6. The molecule has 3 nitrogen and oxygen atoms in total. The fourth-order valence-corrected chi connectivity index (χ4v) is 0.316. The average molecular weight is 112 g/mol. The van der Waals surface area contributed by atoms with Crippen molar-refractivity contribution < 1.29 is 4.85 Å². The van der Waals surface area contributed by atoms with Crippen LogP contribution in [0.3, 0.4) is 0 Å². The Labute approximate surface area is 48.2 Å². The average Bonchev–Trinajstić information content (AvgIpc) is 1.69. The summed E-state index contributed by atoms with van der Waals surface area (Å²) in [6.07, 6.45) is 2.77. The lowest BCUT2D eigenvalue weighted by Crippen LogP contribution is -2.28. The lowest BCUT2D eigenvalue weighted by Gasteiger charge is -1.84. The highest BCUT2D eigenvalue weighted by Gasteiger charge is 1.76. The number of hydrogen-bond donors (Lipinski definition) is 0. The Bertz CT molecular complexity index is 140. The van der Waals surface area contributed by atoms with Gasteiger partial charge < -0.3 is 5.21 Å². The van der Waals surface area contributed by atoms with Gasteiger partial charge in [0.15, 0.2) is 0 Å². The van der Waals surface area contributed by atoms with E-state index in [4.69, 9.17) is 0 Å². The first-order chi connectivity index (χ1) is 3.39. The van der Waals surface area contributed by atoms with Gasteiger partial charge in [0, 0.05) is 11.2 Å². The minimum absolute atomic E-state index is 0. The van der Waals surface area contributed by atoms with Crippen molar-refractivity contribution in [2.45, 2.75) is 7.43 Å². The zero-order valence-electron chi connectivity index (χ0n) is 3.61. The van der Waals surface area contributed by atoms with E-state index < -0.39 is 0 Å². The van der Waals surface area contributed by atoms with Crippen LogP contribution in [0, 0.1) is 5.21 Å². The summed E-state index contributed by atoms with van der Waals surface area (Å²) in [7, 11) is 0. The normalized spacial score (nSPS) is 7.50. The standard InChI is InChI=1S/C4H4N2O.CH4/c7-6-4-2-1-3-5-6;/h1-4H;1H4. The van der Waals surface area contributed by atoms with Crippen molar-refractivity contribution in [2.75, 3.05) is 0 Å². The first kappa shape index (κ1) is 6.88. The van der Waals surface area contributed by atoms with Crippen molar-refractivity contribution in [3.05, 3.63) is 29.7 Å². The molecule has 0 unspecified atom stereocenters. The van der Waals surface area contributed by atoms with Gasteiger partial charge in [-0.05, 0) is 6.07 Å². The summed E-state index contributed by atoms with van der Waals surface area (Å²) < 4.78 is 0. The van der Waals surface area contributed by atoms with E-state index in [0.717, 1.165) is 0 Å². The highest BCUT2D eigenvalue weighted by Crippen LogP contribution is 1.66. The van der Waals surface area contributed by atoms with Crippen LogP contribution in [0.1, 0.15) is 7.43 Å². The Morgan fingerprint density at radius 2 is 2.12 bits per heavy atom. The second-order valence-electron chi connectivity index (χ2n) is 1.10. The SMILES string of the molecule is C.[O-][n+]1ccccn1. The van der Waals surface area contributed by atoms with Crippen LogP contribution in [0.15, 0.2) is 24.5 Å². The molecule has 0 aliphatic rings. The Morgan fingerprint density at radius 1 is 1.38 bits per heavy atom. The molecule has 0 aromatic carbocycles. The Morgan fingerprint density at radius 3 is 2.38 bits per heavy atom. The molecule has 0 N–H and O–H groups in total. The summed E-state index contributed by atoms with van der Waals surface area (Å²) in [6.45, 7) is 0. The molecule has 0 saturated heterocycles. The minimum Gasteiger partial charge on any atom is -0.594 e. The minimum atomic E-state index is 0. The predicted octanol–water partition coefficient (Wildman–Crippen LogP) is 0.351. The van der Waals surface area contributed by atoms with E-state index in [9.17, 15) is 5.21 Å². The molecule has 3 heteroatoms. The number of aromatic nitrogens is 2. The molecule has 1 heterocycles. The molecular weight excluding hydrogens is 104 g/mol. The molecule has 0 spiro atoms. The topological polar surface area (TPSA) is 39.8 Å². The molecule has 0 bridgehead atoms. The fraction of sp³-hybridized carbons (Fsp3) is 0.200. The largest absolute Gasteiger partial charge is 0.594 e. The molecule has 0 amide bonds. The van der Waals surface area contributed by atoms with Gasteiger partial charge in [-0.3, -0.25) is 0 Å². The van der Waals surface area contributed by atoms with Gasteiger partial charge in [-0.25, -0.2) is 0 Å². The molecule has 0 saturated carbocycles. The Hall–Kier alpha value is -1.12. The van der Waals surface area contributed by atoms with E-state index in [0.29, 0.717) is 4.85 Å². The Kier molecular flexibility index (Phi) is 2.54. The smallest absolute Gasteiger partial charge is 0.209 e. The van der Waals surface area contributed by atoms with Crippen LogP contribution in [0.4, 0.5) is 0 Å². The number of nitrogens with zero attached hydrogens (tertiary/aromatic N) is 2. The van der Waals surface area contributed by atoms with Gasteiger partial charge in [0.05, 0.1) is 6.20 Å². The monoisotopic (exact) mass is 112 g/mol. The number of hydrogen-bond acceptors (Lipinski definition) is 2. The molecular formula is C5H8N2O. The van der Waals surface area contributed by atoms with Crippen molar-refractivity contribution in [2.24, 2.45) is 0 Å². The third-order valence-electron chi connectivity index (χ3n) is 0.591. The molecule has 1 rings (SSSR count). The lowest BCUT2D eigenvalue weighted by molar-refractivity contribution is -0.669. The highest BCUT2D eigenvalue weighted by molar-refractivity contribution is 4.76. The first-order valence-corrected chi connectivity index (χ1v) is 1.90. The fourth-order valence-electron chi connectivity index (χ4n) is 0.316.